The van der Waals surface area contributed by atoms with E-state index in [1.165, 1.54) is 13.1 Å². The third-order valence-corrected chi connectivity index (χ3v) is 0.935. The van der Waals surface area contributed by atoms with Crippen molar-refractivity contribution in [2.45, 2.75) is 20.3 Å². The maximum Gasteiger partial charge on any atom is 0.331 e. The van der Waals surface area contributed by atoms with Gasteiger partial charge in [-0.2, -0.15) is 5.26 Å². The summed E-state index contributed by atoms with van der Waals surface area (Å²) >= 11 is 0. The molecule has 0 aromatic carbocycles. The molecule has 60 valence electrons. The van der Waals surface area contributed by atoms with Crippen molar-refractivity contribution in [3.63, 3.8) is 0 Å². The van der Waals surface area contributed by atoms with Gasteiger partial charge in [0.05, 0.1) is 6.07 Å². The van der Waals surface area contributed by atoms with Gasteiger partial charge in [-0.3, -0.25) is 0 Å². The molecule has 11 heavy (non-hydrogen) atoms. The lowest BCUT2D eigenvalue weighted by Crippen LogP contribution is -1.94. The Labute approximate surface area is 65.4 Å². The molecule has 0 heterocycles. The molecule has 0 aliphatic carbocycles. The van der Waals surface area contributed by atoms with Crippen LogP contribution in [-0.2, 0) is 9.63 Å². The monoisotopic (exact) mass is 154 g/mol. The minimum Gasteiger partial charge on any atom is -0.319 e. The maximum atomic E-state index is 10.2. The second-order valence-corrected chi connectivity index (χ2v) is 2.14. The van der Waals surface area contributed by atoms with Crippen molar-refractivity contribution in [1.29, 1.82) is 5.26 Å². The molecular weight excluding hydrogens is 144 g/mol. The highest BCUT2D eigenvalue weighted by molar-refractivity contribution is 5.67. The van der Waals surface area contributed by atoms with E-state index < -0.39 is 5.97 Å². The number of rotatable bonds is 3. The predicted octanol–water partition coefficient (Wildman–Crippen LogP) is 1.09. The SMILES string of the molecule is CC(=O)ON=CCC(C)C#N. The molecule has 4 heteroatoms. The lowest BCUT2D eigenvalue weighted by Gasteiger charge is -1.92. The van der Waals surface area contributed by atoms with E-state index in [4.69, 9.17) is 5.26 Å². The predicted molar refractivity (Wildman–Crippen MR) is 39.7 cm³/mol. The van der Waals surface area contributed by atoms with Gasteiger partial charge in [0, 0.05) is 25.5 Å². The van der Waals surface area contributed by atoms with Gasteiger partial charge in [-0.25, -0.2) is 4.79 Å². The Morgan fingerprint density at radius 3 is 3.00 bits per heavy atom. The summed E-state index contributed by atoms with van der Waals surface area (Å²) in [6.07, 6.45) is 1.92. The number of nitriles is 1. The molecule has 0 aromatic rings. The first kappa shape index (κ1) is 9.63. The summed E-state index contributed by atoms with van der Waals surface area (Å²) in [6, 6.07) is 2.02. The van der Waals surface area contributed by atoms with Crippen molar-refractivity contribution < 1.29 is 9.63 Å². The topological polar surface area (TPSA) is 62.4 Å². The van der Waals surface area contributed by atoms with E-state index >= 15 is 0 Å². The Balaban J connectivity index is 3.46. The molecular formula is C7H10N2O2. The Morgan fingerprint density at radius 1 is 1.91 bits per heavy atom. The van der Waals surface area contributed by atoms with Crippen LogP contribution in [0, 0.1) is 17.2 Å². The Bertz CT molecular complexity index is 193. The number of carbonyl (C=O) groups is 1. The van der Waals surface area contributed by atoms with Crippen LogP contribution in [0.4, 0.5) is 0 Å². The van der Waals surface area contributed by atoms with Crippen LogP contribution in [0.15, 0.2) is 5.16 Å². The highest BCUT2D eigenvalue weighted by atomic mass is 16.7. The van der Waals surface area contributed by atoms with Crippen LogP contribution < -0.4 is 0 Å². The van der Waals surface area contributed by atoms with Crippen LogP contribution in [0.5, 0.6) is 0 Å². The first-order valence-electron chi connectivity index (χ1n) is 3.26. The molecule has 1 unspecified atom stereocenters. The van der Waals surface area contributed by atoms with Gasteiger partial charge in [-0.05, 0) is 6.92 Å². The minimum atomic E-state index is -0.453. The van der Waals surface area contributed by atoms with Crippen molar-refractivity contribution in [2.75, 3.05) is 0 Å². The summed E-state index contributed by atoms with van der Waals surface area (Å²) in [7, 11) is 0. The van der Waals surface area contributed by atoms with Crippen molar-refractivity contribution in [3.8, 4) is 6.07 Å². The summed E-state index contributed by atoms with van der Waals surface area (Å²) in [6.45, 7) is 3.03. The Hall–Kier alpha value is -1.37. The molecule has 1 atom stereocenters. The van der Waals surface area contributed by atoms with E-state index in [0.29, 0.717) is 6.42 Å². The molecule has 0 radical (unpaired) electrons. The lowest BCUT2D eigenvalue weighted by atomic mass is 10.1. The van der Waals surface area contributed by atoms with Crippen LogP contribution in [0.25, 0.3) is 0 Å². The molecule has 0 amide bonds. The number of nitrogens with zero attached hydrogens (tertiary/aromatic N) is 2. The average Bonchev–Trinajstić information content (AvgIpc) is 1.97. The quantitative estimate of drug-likeness (QED) is 0.347. The van der Waals surface area contributed by atoms with E-state index in [0.717, 1.165) is 0 Å². The summed E-state index contributed by atoms with van der Waals surface area (Å²) in [4.78, 5) is 14.4. The lowest BCUT2D eigenvalue weighted by molar-refractivity contribution is -0.140. The first-order valence-corrected chi connectivity index (χ1v) is 3.26. The van der Waals surface area contributed by atoms with Crippen LogP contribution in [-0.4, -0.2) is 12.2 Å². The van der Waals surface area contributed by atoms with Gasteiger partial charge in [0.2, 0.25) is 0 Å². The maximum absolute atomic E-state index is 10.2. The van der Waals surface area contributed by atoms with Gasteiger partial charge in [0.1, 0.15) is 0 Å². The van der Waals surface area contributed by atoms with Crippen LogP contribution in [0.3, 0.4) is 0 Å². The fourth-order valence-corrected chi connectivity index (χ4v) is 0.365. The highest BCUT2D eigenvalue weighted by Gasteiger charge is 1.94. The molecule has 0 aromatic heterocycles. The van der Waals surface area contributed by atoms with E-state index in [2.05, 4.69) is 9.99 Å². The molecule has 0 fully saturated rings. The highest BCUT2D eigenvalue weighted by Crippen LogP contribution is 1.95. The van der Waals surface area contributed by atoms with Crippen molar-refractivity contribution >= 4 is 12.2 Å². The van der Waals surface area contributed by atoms with Crippen molar-refractivity contribution in [2.24, 2.45) is 11.1 Å². The molecule has 0 N–H and O–H groups in total. The number of oxime groups is 1. The standard InChI is InChI=1S/C7H10N2O2/c1-6(5-8)3-4-9-11-7(2)10/h4,6H,3H2,1-2H3. The largest absolute Gasteiger partial charge is 0.331 e. The number of hydrogen-bond donors (Lipinski definition) is 0. The minimum absolute atomic E-state index is 0.0886. The van der Waals surface area contributed by atoms with Crippen LogP contribution >= 0.6 is 0 Å². The third-order valence-electron chi connectivity index (χ3n) is 0.935. The van der Waals surface area contributed by atoms with Gasteiger partial charge in [-0.1, -0.05) is 5.16 Å². The van der Waals surface area contributed by atoms with Gasteiger partial charge in [0.15, 0.2) is 0 Å². The molecule has 0 rings (SSSR count). The molecule has 0 saturated heterocycles. The van der Waals surface area contributed by atoms with Crippen LogP contribution in [0.1, 0.15) is 20.3 Å². The van der Waals surface area contributed by atoms with E-state index in [-0.39, 0.29) is 5.92 Å². The second-order valence-electron chi connectivity index (χ2n) is 2.14. The first-order chi connectivity index (χ1) is 5.16. The van der Waals surface area contributed by atoms with E-state index in [9.17, 15) is 4.79 Å². The summed E-state index contributed by atoms with van der Waals surface area (Å²) < 4.78 is 0. The molecule has 0 saturated carbocycles. The fraction of sp³-hybridized carbons (Fsp3) is 0.571. The number of carbonyl (C=O) groups excluding carboxylic acids is 1. The average molecular weight is 154 g/mol. The van der Waals surface area contributed by atoms with Gasteiger partial charge in [0.25, 0.3) is 0 Å². The Morgan fingerprint density at radius 2 is 2.55 bits per heavy atom. The normalized spacial score (nSPS) is 12.5. The van der Waals surface area contributed by atoms with Crippen LogP contribution in [0.2, 0.25) is 0 Å². The number of hydrogen-bond acceptors (Lipinski definition) is 4. The summed E-state index contributed by atoms with van der Waals surface area (Å²) in [5.41, 5.74) is 0. The fourth-order valence-electron chi connectivity index (χ4n) is 0.365. The zero-order valence-electron chi connectivity index (χ0n) is 6.57. The summed E-state index contributed by atoms with van der Waals surface area (Å²) in [5.74, 6) is -0.542. The summed E-state index contributed by atoms with van der Waals surface area (Å²) in [5, 5.41) is 11.7. The Kier molecular flexibility index (Phi) is 4.74. The third kappa shape index (κ3) is 6.52. The molecule has 0 bridgehead atoms. The molecule has 0 aliphatic rings. The van der Waals surface area contributed by atoms with Crippen molar-refractivity contribution in [1.82, 2.24) is 0 Å². The van der Waals surface area contributed by atoms with E-state index in [1.807, 2.05) is 6.07 Å². The van der Waals surface area contributed by atoms with Gasteiger partial charge >= 0.3 is 5.97 Å². The van der Waals surface area contributed by atoms with Gasteiger partial charge in [-0.15, -0.1) is 0 Å². The smallest absolute Gasteiger partial charge is 0.319 e. The van der Waals surface area contributed by atoms with E-state index in [1.54, 1.807) is 6.92 Å². The second kappa shape index (κ2) is 5.42. The van der Waals surface area contributed by atoms with Gasteiger partial charge < -0.3 is 4.84 Å². The molecule has 4 nitrogen and oxygen atoms in total. The zero-order valence-corrected chi connectivity index (χ0v) is 6.57. The zero-order chi connectivity index (χ0) is 8.69. The molecule has 0 spiro atoms. The van der Waals surface area contributed by atoms with Crippen molar-refractivity contribution in [3.05, 3.63) is 0 Å². The molecule has 0 aliphatic heterocycles.